The quantitative estimate of drug-likeness (QED) is 0.0443. The number of nitrogens with zero attached hydrogens (tertiary/aromatic N) is 6. The summed E-state index contributed by atoms with van der Waals surface area (Å²) in [6, 6.07) is 6.92. The van der Waals surface area contributed by atoms with Gasteiger partial charge in [0.2, 0.25) is 12.4 Å². The van der Waals surface area contributed by atoms with Crippen LogP contribution in [-0.4, -0.2) is 126 Å². The van der Waals surface area contributed by atoms with E-state index in [1.807, 2.05) is 19.1 Å². The van der Waals surface area contributed by atoms with Crippen LogP contribution >= 0.6 is 11.6 Å². The second kappa shape index (κ2) is 26.4. The van der Waals surface area contributed by atoms with Gasteiger partial charge in [0.15, 0.2) is 15.7 Å². The van der Waals surface area contributed by atoms with Crippen LogP contribution in [0.5, 0.6) is 0 Å². The zero-order chi connectivity index (χ0) is 51.0. The average Bonchev–Trinajstić information content (AvgIpc) is 3.32. The average molecular weight is 1000 g/mol. The molecule has 6 rings (SSSR count). The van der Waals surface area contributed by atoms with Crippen LogP contribution in [0.2, 0.25) is 5.02 Å². The maximum absolute atomic E-state index is 13.0. The first-order valence-corrected chi connectivity index (χ1v) is 26.8. The minimum absolute atomic E-state index is 0.0513. The summed E-state index contributed by atoms with van der Waals surface area (Å²) < 4.78 is 32.5. The van der Waals surface area contributed by atoms with Crippen molar-refractivity contribution in [1.29, 1.82) is 0 Å². The fraction of sp³-hybridized carbons (Fsp3) is 0.528. The predicted molar refractivity (Wildman–Crippen MR) is 283 cm³/mol. The molecular weight excluding hydrogens is 926 g/mol. The summed E-state index contributed by atoms with van der Waals surface area (Å²) in [6.45, 7) is 27.0. The Bertz CT molecular complexity index is 2360. The standard InChI is InChI=1S/C48H66ClN9O5S.C5H10O/c1-9-11-12-13-39(31-64(61,62)34(5)6)52-45-44(49)28-50-47(54-45)53-38-16-21-48(36(8)26-38,63-33(3)4)37-17-22-55(23-18-37)40-19-24-56(25-20-40)42-29-57(30-42)41-15-14-35(7)43(27-41)46(60)58(32-59)51-10-2;1-2-3-4-5-6/h9-16,26-28,32-34,37,40,42,51H,1-2,17-25,29-31H2,3-8H3,(H2,50,52,53,54);5H,2-4H2,1H3/b12-11-,39-13+;. The van der Waals surface area contributed by atoms with Gasteiger partial charge in [0.1, 0.15) is 11.3 Å². The summed E-state index contributed by atoms with van der Waals surface area (Å²) in [6.07, 6.45) is 23.4. The van der Waals surface area contributed by atoms with Gasteiger partial charge in [-0.15, -0.1) is 0 Å². The lowest BCUT2D eigenvalue weighted by atomic mass is 9.71. The van der Waals surface area contributed by atoms with Crippen LogP contribution < -0.4 is 21.0 Å². The number of imide groups is 1. The van der Waals surface area contributed by atoms with Crippen LogP contribution in [0.3, 0.4) is 0 Å². The molecule has 2 aromatic rings. The Morgan fingerprint density at radius 2 is 1.70 bits per heavy atom. The van der Waals surface area contributed by atoms with Crippen molar-refractivity contribution >= 4 is 57.5 Å². The molecule has 4 aliphatic rings. The fourth-order valence-electron chi connectivity index (χ4n) is 9.56. The van der Waals surface area contributed by atoms with E-state index in [0.29, 0.717) is 47.4 Å². The third-order valence-corrected chi connectivity index (χ3v) is 16.1. The van der Waals surface area contributed by atoms with Crippen LogP contribution in [0.4, 0.5) is 17.5 Å². The number of benzene rings is 1. The minimum atomic E-state index is -3.41. The number of hydrogen-bond donors (Lipinski definition) is 3. The van der Waals surface area contributed by atoms with E-state index < -0.39 is 26.6 Å². The number of nitrogens with one attached hydrogen (secondary N) is 3. The maximum Gasteiger partial charge on any atom is 0.279 e. The van der Waals surface area contributed by atoms with E-state index in [9.17, 15) is 22.8 Å². The molecule has 15 nitrogen and oxygen atoms in total. The molecule has 0 saturated carbocycles. The Kier molecular flexibility index (Phi) is 21.0. The summed E-state index contributed by atoms with van der Waals surface area (Å²) in [4.78, 5) is 50.8. The third kappa shape index (κ3) is 14.7. The van der Waals surface area contributed by atoms with Crippen molar-refractivity contribution in [1.82, 2.24) is 30.2 Å². The first-order chi connectivity index (χ1) is 33.5. The number of aldehydes is 1. The van der Waals surface area contributed by atoms with E-state index in [1.54, 1.807) is 38.2 Å². The van der Waals surface area contributed by atoms with E-state index in [1.165, 1.54) is 18.0 Å². The Labute approximate surface area is 422 Å². The summed E-state index contributed by atoms with van der Waals surface area (Å²) in [5, 5.41) is 7.12. The number of hydrazine groups is 1. The van der Waals surface area contributed by atoms with Gasteiger partial charge in [-0.2, -0.15) is 9.99 Å². The maximum atomic E-state index is 13.0. The second-order valence-electron chi connectivity index (χ2n) is 19.1. The lowest BCUT2D eigenvalue weighted by Crippen LogP contribution is -2.62. The van der Waals surface area contributed by atoms with Gasteiger partial charge in [0, 0.05) is 79.9 Å². The highest BCUT2D eigenvalue weighted by Crippen LogP contribution is 2.44. The molecule has 2 amide bonds. The number of allylic oxidation sites excluding steroid dienone is 5. The molecule has 1 atom stereocenters. The molecule has 0 bridgehead atoms. The van der Waals surface area contributed by atoms with E-state index in [2.05, 4.69) is 99.8 Å². The molecule has 17 heteroatoms. The molecule has 382 valence electrons. The molecule has 1 unspecified atom stereocenters. The minimum Gasteiger partial charge on any atom is -0.368 e. The summed E-state index contributed by atoms with van der Waals surface area (Å²) in [5.41, 5.74) is 6.92. The van der Waals surface area contributed by atoms with E-state index in [4.69, 9.17) is 16.3 Å². The van der Waals surface area contributed by atoms with Gasteiger partial charge in [0.05, 0.1) is 28.9 Å². The highest BCUT2D eigenvalue weighted by atomic mass is 35.5. The highest BCUT2D eigenvalue weighted by molar-refractivity contribution is 7.92. The number of anilines is 3. The summed E-state index contributed by atoms with van der Waals surface area (Å²) >= 11 is 6.52. The van der Waals surface area contributed by atoms with Crippen molar-refractivity contribution in [3.8, 4) is 0 Å². The fourth-order valence-corrected chi connectivity index (χ4v) is 10.6. The van der Waals surface area contributed by atoms with Gasteiger partial charge in [0.25, 0.3) is 5.91 Å². The number of aromatic nitrogens is 2. The number of unbranched alkanes of at least 4 members (excludes halogenated alkanes) is 2. The van der Waals surface area contributed by atoms with E-state index in [-0.39, 0.29) is 16.9 Å². The van der Waals surface area contributed by atoms with Crippen LogP contribution in [0.1, 0.15) is 109 Å². The number of halogens is 1. The van der Waals surface area contributed by atoms with Crippen molar-refractivity contribution < 1.29 is 27.5 Å². The molecule has 3 aliphatic heterocycles. The van der Waals surface area contributed by atoms with Crippen LogP contribution in [0.25, 0.3) is 0 Å². The molecule has 1 aliphatic carbocycles. The van der Waals surface area contributed by atoms with Crippen molar-refractivity contribution in [2.24, 2.45) is 5.92 Å². The van der Waals surface area contributed by atoms with Crippen LogP contribution in [0.15, 0.2) is 97.2 Å². The van der Waals surface area contributed by atoms with Crippen molar-refractivity contribution in [3.63, 3.8) is 0 Å². The topological polar surface area (TPSA) is 169 Å². The number of hydrogen-bond acceptors (Lipinski definition) is 14. The number of sulfone groups is 1. The smallest absolute Gasteiger partial charge is 0.279 e. The number of amides is 2. The molecular formula is C53H76ClN9O6S. The monoisotopic (exact) mass is 1000 g/mol. The van der Waals surface area contributed by atoms with Crippen molar-refractivity contribution in [2.75, 3.05) is 60.6 Å². The Morgan fingerprint density at radius 3 is 2.29 bits per heavy atom. The van der Waals surface area contributed by atoms with E-state index in [0.717, 1.165) is 119 Å². The van der Waals surface area contributed by atoms with Gasteiger partial charge in [-0.25, -0.2) is 13.4 Å². The van der Waals surface area contributed by atoms with Crippen molar-refractivity contribution in [2.45, 2.75) is 129 Å². The highest BCUT2D eigenvalue weighted by Gasteiger charge is 2.45. The van der Waals surface area contributed by atoms with Gasteiger partial charge in [-0.3, -0.25) is 19.9 Å². The number of aryl methyl sites for hydroxylation is 1. The lowest BCUT2D eigenvalue weighted by molar-refractivity contribution is -0.117. The molecule has 4 heterocycles. The lowest BCUT2D eigenvalue weighted by Gasteiger charge is -2.51. The number of carbonyl (C=O) groups is 3. The van der Waals surface area contributed by atoms with Gasteiger partial charge in [-0.05, 0) is 128 Å². The van der Waals surface area contributed by atoms with Crippen LogP contribution in [0, 0.1) is 12.8 Å². The molecule has 3 N–H and O–H groups in total. The Balaban J connectivity index is 0.00000143. The number of ether oxygens (including phenoxy) is 1. The first-order valence-electron chi connectivity index (χ1n) is 24.7. The molecule has 3 saturated heterocycles. The SMILES string of the molecule is C=C/C=C\C=C(/CS(=O)(=O)C(C)C)Nc1nc(NC2=CCC(OC(C)C)(C3CCN(C4CCN(C5CN(c6ccc(C)c(C(=O)N(C=O)NC=C)c6)C5)CC4)CC3)C(C)=C2)ncc1Cl.CCCCC=O. The largest absolute Gasteiger partial charge is 0.368 e. The summed E-state index contributed by atoms with van der Waals surface area (Å²) in [7, 11) is -3.41. The van der Waals surface area contributed by atoms with Gasteiger partial charge < -0.3 is 30.0 Å². The number of carbonyl (C=O) groups excluding carboxylic acids is 3. The van der Waals surface area contributed by atoms with Gasteiger partial charge >= 0.3 is 0 Å². The van der Waals surface area contributed by atoms with E-state index >= 15 is 0 Å². The molecule has 0 spiro atoms. The van der Waals surface area contributed by atoms with Gasteiger partial charge in [-0.1, -0.05) is 68.5 Å². The normalized spacial score (nSPS) is 20.0. The van der Waals surface area contributed by atoms with Crippen molar-refractivity contribution in [3.05, 3.63) is 113 Å². The number of piperidine rings is 2. The Morgan fingerprint density at radius 1 is 1.01 bits per heavy atom. The second-order valence-corrected chi connectivity index (χ2v) is 22.1. The summed E-state index contributed by atoms with van der Waals surface area (Å²) in [5.74, 6) is 0.385. The molecule has 1 aromatic heterocycles. The Hall–Kier alpha value is -5.13. The third-order valence-electron chi connectivity index (χ3n) is 13.6. The molecule has 3 fully saturated rings. The first kappa shape index (κ1) is 55.8. The number of likely N-dealkylation sites (tertiary alicyclic amines) is 2. The zero-order valence-electron chi connectivity index (χ0n) is 42.3. The molecule has 0 radical (unpaired) electrons. The zero-order valence-corrected chi connectivity index (χ0v) is 43.9. The molecule has 70 heavy (non-hydrogen) atoms. The molecule has 1 aromatic carbocycles. The van der Waals surface area contributed by atoms with Crippen LogP contribution in [-0.2, 0) is 24.2 Å². The predicted octanol–water partition coefficient (Wildman–Crippen LogP) is 8.80. The number of rotatable bonds is 22.